The number of para-hydroxylation sites is 3. The highest BCUT2D eigenvalue weighted by Crippen LogP contribution is 2.66. The highest BCUT2D eigenvalue weighted by atomic mass is 32.1. The Morgan fingerprint density at radius 3 is 1.91 bits per heavy atom. The van der Waals surface area contributed by atoms with Crippen molar-refractivity contribution in [2.75, 3.05) is 9.71 Å². The second kappa shape index (κ2) is 12.1. The minimum absolute atomic E-state index is 0.0492. The Morgan fingerprint density at radius 2 is 1.14 bits per heavy atom. The number of aryl methyl sites for hydroxylation is 1. The molecule has 2 aromatic heterocycles. The molecule has 5 heteroatoms. The summed E-state index contributed by atoms with van der Waals surface area (Å²) in [7, 11) is 0. The topological polar surface area (TPSA) is 19.6 Å². The molecule has 1 spiro atoms. The summed E-state index contributed by atoms with van der Waals surface area (Å²) >= 11 is 1.97. The van der Waals surface area contributed by atoms with Gasteiger partial charge in [-0.05, 0) is 116 Å². The van der Waals surface area contributed by atoms with Gasteiger partial charge < -0.3 is 14.1 Å². The Kier molecular flexibility index (Phi) is 6.79. The number of fused-ring (bicyclic) bond motifs is 20. The SMILES string of the molecule is Cc1cc2c(cc1N1c3cc4oc5ccccc5c4c4c3B(c3sc5ccccc5c31)N1c3ccccc3C3(c5ccccc5-c5ccccc53)c3cccc-4c31)C(C)(C)CCC2(C)C. The predicted octanol–water partition coefficient (Wildman–Crippen LogP) is 14.8. The van der Waals surface area contributed by atoms with Crippen LogP contribution in [0, 0.1) is 6.92 Å². The Balaban J connectivity index is 1.14. The third-order valence-corrected chi connectivity index (χ3v) is 17.6. The van der Waals surface area contributed by atoms with Gasteiger partial charge in [-0.2, -0.15) is 0 Å². The van der Waals surface area contributed by atoms with Crippen molar-refractivity contribution in [3.8, 4) is 22.3 Å². The number of nitrogens with zero attached hydrogens (tertiary/aromatic N) is 2. The number of anilines is 5. The molecule has 10 aromatic rings. The van der Waals surface area contributed by atoms with Crippen LogP contribution in [0.5, 0.6) is 0 Å². The molecule has 0 N–H and O–H groups in total. The van der Waals surface area contributed by atoms with Crippen LogP contribution < -0.4 is 20.0 Å². The summed E-state index contributed by atoms with van der Waals surface area (Å²) in [6.45, 7) is 12.0. The highest BCUT2D eigenvalue weighted by Gasteiger charge is 2.57. The lowest BCUT2D eigenvalue weighted by atomic mass is 9.44. The van der Waals surface area contributed by atoms with E-state index in [4.69, 9.17) is 4.42 Å². The molecule has 310 valence electrons. The van der Waals surface area contributed by atoms with Crippen LogP contribution >= 0.6 is 11.3 Å². The molecular formula is C60H45BN2OS. The molecule has 0 unspecified atom stereocenters. The van der Waals surface area contributed by atoms with E-state index in [9.17, 15) is 0 Å². The molecule has 5 heterocycles. The van der Waals surface area contributed by atoms with Gasteiger partial charge in [0, 0.05) is 60.0 Å². The maximum atomic E-state index is 7.06. The molecule has 0 atom stereocenters. The minimum Gasteiger partial charge on any atom is -0.456 e. The second-order valence-corrected chi connectivity index (χ2v) is 21.7. The monoisotopic (exact) mass is 852 g/mol. The summed E-state index contributed by atoms with van der Waals surface area (Å²) in [5.74, 6) is 0. The van der Waals surface area contributed by atoms with Crippen molar-refractivity contribution in [2.24, 2.45) is 0 Å². The number of benzene rings is 8. The van der Waals surface area contributed by atoms with Crippen LogP contribution in [0.4, 0.5) is 28.4 Å². The standard InChI is InChI=1S/C60H45BN2OS/c1-34-31-44-45(59(4,5)30-29-58(44,2)3)32-47(34)62-48-33-50-52(37-19-8-14-27-49(37)64-50)53-39-21-16-25-43-55(39)63(61(54(48)53)57-56(62)38-20-9-15-28-51(38)65-57)46-26-13-12-24-42(46)60(43)40-22-10-6-17-35(40)36-18-7-11-23-41(36)60/h6-28,31-33H,29-30H2,1-5H3. The highest BCUT2D eigenvalue weighted by molar-refractivity contribution is 7.32. The van der Waals surface area contributed by atoms with Crippen molar-refractivity contribution in [1.82, 2.24) is 0 Å². The Hall–Kier alpha value is -6.82. The summed E-state index contributed by atoms with van der Waals surface area (Å²) in [4.78, 5) is 5.44. The average molecular weight is 853 g/mol. The molecule has 3 aliphatic heterocycles. The molecule has 0 amide bonds. The van der Waals surface area contributed by atoms with Crippen LogP contribution in [0.1, 0.15) is 79.5 Å². The normalized spacial score (nSPS) is 17.2. The lowest BCUT2D eigenvalue weighted by Gasteiger charge is -2.52. The fourth-order valence-corrected chi connectivity index (χ4v) is 14.7. The van der Waals surface area contributed by atoms with Crippen LogP contribution in [-0.2, 0) is 16.2 Å². The van der Waals surface area contributed by atoms with Crippen LogP contribution in [0.3, 0.4) is 0 Å². The van der Waals surface area contributed by atoms with Crippen LogP contribution in [-0.4, -0.2) is 6.85 Å². The first-order chi connectivity index (χ1) is 31.7. The summed E-state index contributed by atoms with van der Waals surface area (Å²) in [5.41, 5.74) is 24.0. The van der Waals surface area contributed by atoms with E-state index in [1.807, 2.05) is 11.3 Å². The van der Waals surface area contributed by atoms with Crippen molar-refractivity contribution in [1.29, 1.82) is 0 Å². The molecule has 0 bridgehead atoms. The van der Waals surface area contributed by atoms with Gasteiger partial charge >= 0.3 is 6.85 Å². The molecule has 2 aliphatic carbocycles. The number of hydrogen-bond acceptors (Lipinski definition) is 4. The first kappa shape index (κ1) is 36.5. The fraction of sp³-hybridized carbons (Fsp3) is 0.167. The van der Waals surface area contributed by atoms with E-state index >= 15 is 0 Å². The van der Waals surface area contributed by atoms with E-state index in [2.05, 4.69) is 202 Å². The molecule has 0 fully saturated rings. The molecule has 8 aromatic carbocycles. The Labute approximate surface area is 383 Å². The van der Waals surface area contributed by atoms with Crippen molar-refractivity contribution in [3.05, 3.63) is 197 Å². The molecule has 0 saturated heterocycles. The largest absolute Gasteiger partial charge is 0.456 e. The molecule has 0 saturated carbocycles. The van der Waals surface area contributed by atoms with Gasteiger partial charge in [0.2, 0.25) is 0 Å². The number of furan rings is 1. The average Bonchev–Trinajstić information content (AvgIpc) is 3.99. The number of thiophene rings is 1. The maximum Gasteiger partial charge on any atom is 0.343 e. The van der Waals surface area contributed by atoms with E-state index in [1.54, 1.807) is 0 Å². The molecule has 65 heavy (non-hydrogen) atoms. The van der Waals surface area contributed by atoms with Crippen molar-refractivity contribution in [2.45, 2.75) is 63.7 Å². The van der Waals surface area contributed by atoms with Crippen molar-refractivity contribution >= 4 is 88.9 Å². The zero-order chi connectivity index (χ0) is 43.3. The fourth-order valence-electron chi connectivity index (χ4n) is 13.5. The number of hydrogen-bond donors (Lipinski definition) is 0. The third-order valence-electron chi connectivity index (χ3n) is 16.4. The summed E-state index contributed by atoms with van der Waals surface area (Å²) in [6, 6.07) is 60.2. The van der Waals surface area contributed by atoms with Gasteiger partial charge in [-0.1, -0.05) is 155 Å². The second-order valence-electron chi connectivity index (χ2n) is 20.6. The van der Waals surface area contributed by atoms with Gasteiger partial charge in [0.1, 0.15) is 11.2 Å². The van der Waals surface area contributed by atoms with Gasteiger partial charge in [0.25, 0.3) is 0 Å². The molecule has 15 rings (SSSR count). The van der Waals surface area contributed by atoms with E-state index in [0.717, 1.165) is 23.0 Å². The summed E-state index contributed by atoms with van der Waals surface area (Å²) < 4.78 is 9.74. The first-order valence-electron chi connectivity index (χ1n) is 23.3. The van der Waals surface area contributed by atoms with Crippen LogP contribution in [0.15, 0.2) is 162 Å². The van der Waals surface area contributed by atoms with E-state index in [-0.39, 0.29) is 17.7 Å². The van der Waals surface area contributed by atoms with Gasteiger partial charge in [0.05, 0.1) is 11.1 Å². The molecule has 5 aliphatic rings. The van der Waals surface area contributed by atoms with E-state index in [1.165, 1.54) is 122 Å². The third kappa shape index (κ3) is 4.30. The lowest BCUT2D eigenvalue weighted by Crippen LogP contribution is -2.62. The Bertz CT molecular complexity index is 3750. The Morgan fingerprint density at radius 1 is 0.523 bits per heavy atom. The lowest BCUT2D eigenvalue weighted by molar-refractivity contribution is 0.332. The van der Waals surface area contributed by atoms with Gasteiger partial charge in [-0.25, -0.2) is 0 Å². The zero-order valence-electron chi connectivity index (χ0n) is 37.2. The van der Waals surface area contributed by atoms with Crippen LogP contribution in [0.25, 0.3) is 54.3 Å². The van der Waals surface area contributed by atoms with Gasteiger partial charge in [-0.3, -0.25) is 0 Å². The minimum atomic E-state index is -0.511. The predicted molar refractivity (Wildman–Crippen MR) is 274 cm³/mol. The van der Waals surface area contributed by atoms with E-state index < -0.39 is 5.41 Å². The van der Waals surface area contributed by atoms with Gasteiger partial charge in [0.15, 0.2) is 0 Å². The molecular weight excluding hydrogens is 808 g/mol. The summed E-state index contributed by atoms with van der Waals surface area (Å²) in [6.07, 6.45) is 2.35. The molecule has 3 nitrogen and oxygen atoms in total. The zero-order valence-corrected chi connectivity index (χ0v) is 38.0. The summed E-state index contributed by atoms with van der Waals surface area (Å²) in [5, 5.41) is 3.66. The first-order valence-corrected chi connectivity index (χ1v) is 24.2. The smallest absolute Gasteiger partial charge is 0.343 e. The quantitative estimate of drug-likeness (QED) is 0.153. The number of rotatable bonds is 1. The van der Waals surface area contributed by atoms with E-state index in [0.29, 0.717) is 0 Å². The van der Waals surface area contributed by atoms with Crippen LogP contribution in [0.2, 0.25) is 0 Å². The van der Waals surface area contributed by atoms with Gasteiger partial charge in [-0.15, -0.1) is 11.3 Å². The maximum absolute atomic E-state index is 7.06. The molecule has 0 radical (unpaired) electrons. The van der Waals surface area contributed by atoms with Crippen molar-refractivity contribution in [3.63, 3.8) is 0 Å². The van der Waals surface area contributed by atoms with Crippen molar-refractivity contribution < 1.29 is 4.42 Å².